The molecule has 2 aliphatic heterocycles. The van der Waals surface area contributed by atoms with Gasteiger partial charge in [0.2, 0.25) is 0 Å². The maximum atomic E-state index is 15.2. The first-order valence-electron chi connectivity index (χ1n) is 11.0. The van der Waals surface area contributed by atoms with E-state index >= 15 is 4.39 Å². The Balaban J connectivity index is 1.30. The van der Waals surface area contributed by atoms with Crippen molar-refractivity contribution in [1.82, 2.24) is 30.3 Å². The minimum atomic E-state index is -0.946. The number of nitrogens with zero attached hydrogens (tertiary/aromatic N) is 6. The molecule has 0 radical (unpaired) electrons. The Morgan fingerprint density at radius 2 is 2.00 bits per heavy atom. The number of phenols is 1. The van der Waals surface area contributed by atoms with Crippen LogP contribution in [0.25, 0.3) is 16.9 Å². The monoisotopic (exact) mass is 439 g/mol. The highest BCUT2D eigenvalue weighted by Gasteiger charge is 2.48. The molecule has 1 saturated carbocycles. The molecule has 2 bridgehead atoms. The molecule has 4 heterocycles. The molecule has 8 nitrogen and oxygen atoms in total. The fraction of sp³-hybridized carbons (Fsp3) is 0.455. The summed E-state index contributed by atoms with van der Waals surface area (Å²) in [5.74, 6) is -0.0830. The predicted octanol–water partition coefficient (Wildman–Crippen LogP) is 2.77. The summed E-state index contributed by atoms with van der Waals surface area (Å²) in [4.78, 5) is 11.1. The van der Waals surface area contributed by atoms with Crippen molar-refractivity contribution in [1.29, 1.82) is 0 Å². The van der Waals surface area contributed by atoms with E-state index in [1.54, 1.807) is 6.20 Å². The Bertz CT molecular complexity index is 1120. The molecule has 166 valence electrons. The molecule has 0 unspecified atom stereocenters. The highest BCUT2D eigenvalue weighted by Crippen LogP contribution is 2.40. The third-order valence-electron chi connectivity index (χ3n) is 6.76. The number of aromatic hydroxyl groups is 1. The van der Waals surface area contributed by atoms with E-state index in [4.69, 9.17) is 0 Å². The van der Waals surface area contributed by atoms with Crippen LogP contribution in [0, 0.1) is 5.82 Å². The number of anilines is 1. The second-order valence-electron chi connectivity index (χ2n) is 8.86. The van der Waals surface area contributed by atoms with E-state index in [0.29, 0.717) is 17.6 Å². The molecule has 1 aromatic carbocycles. The van der Waals surface area contributed by atoms with Crippen LogP contribution in [-0.4, -0.2) is 60.4 Å². The van der Waals surface area contributed by atoms with Gasteiger partial charge in [0, 0.05) is 29.8 Å². The van der Waals surface area contributed by atoms with Crippen LogP contribution in [0.2, 0.25) is 0 Å². The van der Waals surface area contributed by atoms with Gasteiger partial charge in [-0.3, -0.25) is 4.98 Å². The minimum absolute atomic E-state index is 0.0859. The summed E-state index contributed by atoms with van der Waals surface area (Å²) in [6.07, 6.45) is 9.77. The van der Waals surface area contributed by atoms with Crippen LogP contribution in [0.15, 0.2) is 36.9 Å². The zero-order valence-corrected chi connectivity index (χ0v) is 17.3. The standard InChI is InChI=1S/C22H23F2N7O/c23-15-8-14(20(32)9-18(15)30-6-5-27-29-30)17-10-26-21(11-25-17)31(13-2-3-13)19-7-12-1-4-16(28-12)22(19)24/h5-6,8-13,16,19,22,28,32H,1-4,7H2/t12-,16+,19-,22+/m0/s1. The molecule has 3 aliphatic rings. The minimum Gasteiger partial charge on any atom is -0.507 e. The Kier molecular flexibility index (Phi) is 4.56. The first kappa shape index (κ1) is 19.5. The molecule has 4 atom stereocenters. The van der Waals surface area contributed by atoms with Crippen LogP contribution in [0.1, 0.15) is 32.1 Å². The van der Waals surface area contributed by atoms with E-state index < -0.39 is 12.0 Å². The smallest absolute Gasteiger partial charge is 0.149 e. The Morgan fingerprint density at radius 1 is 1.12 bits per heavy atom. The van der Waals surface area contributed by atoms with Gasteiger partial charge in [-0.1, -0.05) is 5.21 Å². The number of aromatic nitrogens is 5. The van der Waals surface area contributed by atoms with Crippen LogP contribution in [-0.2, 0) is 0 Å². The third-order valence-corrected chi connectivity index (χ3v) is 6.76. The molecule has 3 fully saturated rings. The van der Waals surface area contributed by atoms with Gasteiger partial charge in [0.15, 0.2) is 0 Å². The first-order valence-corrected chi connectivity index (χ1v) is 11.0. The van der Waals surface area contributed by atoms with Gasteiger partial charge in [0.25, 0.3) is 0 Å². The molecular weight excluding hydrogens is 416 g/mol. The van der Waals surface area contributed by atoms with Crippen molar-refractivity contribution in [3.05, 3.63) is 42.7 Å². The summed E-state index contributed by atoms with van der Waals surface area (Å²) in [6.45, 7) is 0. The average Bonchev–Trinajstić information content (AvgIpc) is 3.32. The van der Waals surface area contributed by atoms with E-state index in [9.17, 15) is 9.50 Å². The first-order chi connectivity index (χ1) is 15.6. The number of phenolic OH excluding ortho intramolecular Hbond substituents is 1. The van der Waals surface area contributed by atoms with Crippen molar-refractivity contribution >= 4 is 5.82 Å². The molecule has 32 heavy (non-hydrogen) atoms. The van der Waals surface area contributed by atoms with Gasteiger partial charge in [0.1, 0.15) is 29.2 Å². The van der Waals surface area contributed by atoms with Crippen LogP contribution in [0.4, 0.5) is 14.6 Å². The van der Waals surface area contributed by atoms with E-state index in [1.165, 1.54) is 35.4 Å². The third kappa shape index (κ3) is 3.29. The molecule has 3 aromatic rings. The fourth-order valence-corrected chi connectivity index (χ4v) is 5.09. The quantitative estimate of drug-likeness (QED) is 0.632. The van der Waals surface area contributed by atoms with E-state index in [1.807, 2.05) is 0 Å². The van der Waals surface area contributed by atoms with Gasteiger partial charge in [0.05, 0.1) is 36.5 Å². The molecule has 6 rings (SSSR count). The number of benzene rings is 1. The van der Waals surface area contributed by atoms with Crippen molar-refractivity contribution in [3.63, 3.8) is 0 Å². The van der Waals surface area contributed by atoms with Crippen molar-refractivity contribution in [2.45, 2.75) is 62.4 Å². The molecule has 0 spiro atoms. The van der Waals surface area contributed by atoms with Crippen LogP contribution in [0.3, 0.4) is 0 Å². The zero-order valence-electron chi connectivity index (χ0n) is 17.3. The molecule has 10 heteroatoms. The Hall–Kier alpha value is -3.14. The van der Waals surface area contributed by atoms with Gasteiger partial charge < -0.3 is 15.3 Å². The van der Waals surface area contributed by atoms with Gasteiger partial charge in [-0.2, -0.15) is 0 Å². The van der Waals surface area contributed by atoms with Gasteiger partial charge >= 0.3 is 0 Å². The normalized spacial score (nSPS) is 26.9. The molecule has 1 aliphatic carbocycles. The van der Waals surface area contributed by atoms with E-state index in [-0.39, 0.29) is 35.1 Å². The van der Waals surface area contributed by atoms with Crippen molar-refractivity contribution < 1.29 is 13.9 Å². The molecule has 2 N–H and O–H groups in total. The number of hydrogen-bond donors (Lipinski definition) is 2. The van der Waals surface area contributed by atoms with Crippen molar-refractivity contribution in [2.75, 3.05) is 4.90 Å². The lowest BCUT2D eigenvalue weighted by molar-refractivity contribution is 0.171. The highest BCUT2D eigenvalue weighted by atomic mass is 19.1. The largest absolute Gasteiger partial charge is 0.507 e. The summed E-state index contributed by atoms with van der Waals surface area (Å²) in [7, 11) is 0. The zero-order chi connectivity index (χ0) is 21.8. The molecular formula is C22H23F2N7O. The second kappa shape index (κ2) is 7.47. The fourth-order valence-electron chi connectivity index (χ4n) is 5.09. The topological polar surface area (TPSA) is 92.0 Å². The lowest BCUT2D eigenvalue weighted by Crippen LogP contribution is -2.57. The summed E-state index contributed by atoms with van der Waals surface area (Å²) >= 11 is 0. The number of hydrogen-bond acceptors (Lipinski definition) is 7. The molecule has 2 saturated heterocycles. The number of alkyl halides is 1. The van der Waals surface area contributed by atoms with Gasteiger partial charge in [-0.25, -0.2) is 18.4 Å². The van der Waals surface area contributed by atoms with Crippen LogP contribution >= 0.6 is 0 Å². The Labute approximate surface area is 183 Å². The highest BCUT2D eigenvalue weighted by molar-refractivity contribution is 5.69. The SMILES string of the molecule is Oc1cc(-n2ccnn2)c(F)cc1-c1cnc(N(C2CC2)[C@H]2C[C@@H]3CC[C@@H](N3)[C@H]2F)cn1. The number of nitrogens with one attached hydrogen (secondary N) is 1. The van der Waals surface area contributed by atoms with Crippen molar-refractivity contribution in [2.24, 2.45) is 0 Å². The maximum absolute atomic E-state index is 15.2. The molecule has 2 aromatic heterocycles. The molecule has 0 amide bonds. The summed E-state index contributed by atoms with van der Waals surface area (Å²) in [6, 6.07) is 2.82. The lowest BCUT2D eigenvalue weighted by atomic mass is 9.96. The van der Waals surface area contributed by atoms with Crippen LogP contribution < -0.4 is 10.2 Å². The lowest BCUT2D eigenvalue weighted by Gasteiger charge is -2.41. The van der Waals surface area contributed by atoms with Gasteiger partial charge in [-0.15, -0.1) is 5.10 Å². The van der Waals surface area contributed by atoms with E-state index in [0.717, 1.165) is 32.1 Å². The predicted molar refractivity (Wildman–Crippen MR) is 113 cm³/mol. The second-order valence-corrected chi connectivity index (χ2v) is 8.86. The van der Waals surface area contributed by atoms with E-state index in [2.05, 4.69) is 30.5 Å². The summed E-state index contributed by atoms with van der Waals surface area (Å²) in [5, 5.41) is 21.3. The number of halogens is 2. The number of rotatable bonds is 5. The number of fused-ring (bicyclic) bond motifs is 2. The summed E-state index contributed by atoms with van der Waals surface area (Å²) in [5.41, 5.74) is 0.655. The van der Waals surface area contributed by atoms with Crippen molar-refractivity contribution in [3.8, 4) is 22.7 Å². The maximum Gasteiger partial charge on any atom is 0.149 e. The number of piperidine rings is 1. The summed E-state index contributed by atoms with van der Waals surface area (Å²) < 4.78 is 31.1. The van der Waals surface area contributed by atoms with Gasteiger partial charge in [-0.05, 0) is 38.2 Å². The Morgan fingerprint density at radius 3 is 2.72 bits per heavy atom. The van der Waals surface area contributed by atoms with Crippen LogP contribution in [0.5, 0.6) is 5.75 Å². The average molecular weight is 439 g/mol.